The van der Waals surface area contributed by atoms with Gasteiger partial charge in [0, 0.05) is 25.0 Å². The highest BCUT2D eigenvalue weighted by atomic mass is 32.2. The molecule has 1 saturated carbocycles. The van der Waals surface area contributed by atoms with Crippen LogP contribution in [0.3, 0.4) is 0 Å². The first-order chi connectivity index (χ1) is 6.88. The zero-order valence-corrected chi connectivity index (χ0v) is 10.2. The van der Waals surface area contributed by atoms with Gasteiger partial charge in [-0.05, 0) is 31.6 Å². The van der Waals surface area contributed by atoms with E-state index < -0.39 is 0 Å². The molecular formula is C11H23NOS. The summed E-state index contributed by atoms with van der Waals surface area (Å²) < 4.78 is 5.05. The largest absolute Gasteiger partial charge is 0.385 e. The molecule has 0 aromatic carbocycles. The van der Waals surface area contributed by atoms with E-state index in [2.05, 4.69) is 24.0 Å². The maximum absolute atomic E-state index is 5.05. The highest BCUT2D eigenvalue weighted by Crippen LogP contribution is 2.30. The lowest BCUT2D eigenvalue weighted by atomic mass is 10.2. The maximum Gasteiger partial charge on any atom is 0.0470 e. The first-order valence-electron chi connectivity index (χ1n) is 5.72. The van der Waals surface area contributed by atoms with Gasteiger partial charge < -0.3 is 10.1 Å². The van der Waals surface area contributed by atoms with Crippen molar-refractivity contribution < 1.29 is 4.74 Å². The Morgan fingerprint density at radius 3 is 3.00 bits per heavy atom. The number of hydrogen-bond acceptors (Lipinski definition) is 3. The van der Waals surface area contributed by atoms with Crippen LogP contribution in [0.5, 0.6) is 0 Å². The van der Waals surface area contributed by atoms with Gasteiger partial charge in [-0.2, -0.15) is 11.8 Å². The van der Waals surface area contributed by atoms with Crippen LogP contribution in [-0.2, 0) is 4.74 Å². The van der Waals surface area contributed by atoms with Crippen LogP contribution in [0.4, 0.5) is 0 Å². The van der Waals surface area contributed by atoms with Gasteiger partial charge in [0.1, 0.15) is 0 Å². The molecule has 0 aliphatic heterocycles. The van der Waals surface area contributed by atoms with E-state index in [-0.39, 0.29) is 0 Å². The summed E-state index contributed by atoms with van der Waals surface area (Å²) in [5.41, 5.74) is 0. The quantitative estimate of drug-likeness (QED) is 0.661. The smallest absolute Gasteiger partial charge is 0.0470 e. The molecule has 0 amide bonds. The molecule has 2 nitrogen and oxygen atoms in total. The van der Waals surface area contributed by atoms with Gasteiger partial charge in [0.25, 0.3) is 0 Å². The van der Waals surface area contributed by atoms with Gasteiger partial charge in [-0.25, -0.2) is 0 Å². The van der Waals surface area contributed by atoms with Gasteiger partial charge in [-0.1, -0.05) is 13.3 Å². The van der Waals surface area contributed by atoms with Crippen molar-refractivity contribution >= 4 is 11.8 Å². The molecule has 2 atom stereocenters. The number of hydrogen-bond donors (Lipinski definition) is 1. The van der Waals surface area contributed by atoms with E-state index in [9.17, 15) is 0 Å². The van der Waals surface area contributed by atoms with E-state index in [1.54, 1.807) is 7.11 Å². The molecule has 1 N–H and O–H groups in total. The summed E-state index contributed by atoms with van der Waals surface area (Å²) in [4.78, 5) is 0. The molecule has 1 rings (SSSR count). The highest BCUT2D eigenvalue weighted by molar-refractivity contribution is 7.99. The van der Waals surface area contributed by atoms with Crippen molar-refractivity contribution in [3.8, 4) is 0 Å². The number of rotatable bonds is 7. The Kier molecular flexibility index (Phi) is 6.65. The predicted octanol–water partition coefficient (Wildman–Crippen LogP) is 2.29. The molecule has 1 aliphatic carbocycles. The standard InChI is InChI=1S/C11H23NOS/c1-3-12-10-6-4-7-11(10)14-9-5-8-13-2/h10-12H,3-9H2,1-2H3. The van der Waals surface area contributed by atoms with Crippen LogP contribution in [0.1, 0.15) is 32.6 Å². The fourth-order valence-electron chi connectivity index (χ4n) is 2.06. The van der Waals surface area contributed by atoms with Gasteiger partial charge in [-0.3, -0.25) is 0 Å². The molecular weight excluding hydrogens is 194 g/mol. The van der Waals surface area contributed by atoms with Crippen molar-refractivity contribution in [2.24, 2.45) is 0 Å². The fraction of sp³-hybridized carbons (Fsp3) is 1.00. The molecule has 3 heteroatoms. The second-order valence-electron chi connectivity index (χ2n) is 3.85. The van der Waals surface area contributed by atoms with E-state index in [1.165, 1.54) is 31.4 Å². The molecule has 84 valence electrons. The summed E-state index contributed by atoms with van der Waals surface area (Å²) in [5.74, 6) is 1.25. The number of ether oxygens (including phenoxy) is 1. The zero-order valence-electron chi connectivity index (χ0n) is 9.42. The lowest BCUT2D eigenvalue weighted by Gasteiger charge is -2.19. The van der Waals surface area contributed by atoms with E-state index in [0.717, 1.165) is 24.4 Å². The lowest BCUT2D eigenvalue weighted by molar-refractivity contribution is 0.200. The Hall–Kier alpha value is 0.270. The van der Waals surface area contributed by atoms with E-state index >= 15 is 0 Å². The Morgan fingerprint density at radius 2 is 2.29 bits per heavy atom. The van der Waals surface area contributed by atoms with Crippen molar-refractivity contribution in [3.63, 3.8) is 0 Å². The van der Waals surface area contributed by atoms with Crippen LogP contribution in [0.15, 0.2) is 0 Å². The summed E-state index contributed by atoms with van der Waals surface area (Å²) in [5, 5.41) is 4.44. The monoisotopic (exact) mass is 217 g/mol. The number of thioether (sulfide) groups is 1. The van der Waals surface area contributed by atoms with Crippen molar-refractivity contribution in [2.45, 2.75) is 43.9 Å². The molecule has 1 fully saturated rings. The number of methoxy groups -OCH3 is 1. The van der Waals surface area contributed by atoms with Crippen molar-refractivity contribution in [1.82, 2.24) is 5.32 Å². The third kappa shape index (κ3) is 4.20. The summed E-state index contributed by atoms with van der Waals surface area (Å²) in [6, 6.07) is 0.771. The third-order valence-corrected chi connectivity index (χ3v) is 4.26. The van der Waals surface area contributed by atoms with Gasteiger partial charge in [0.05, 0.1) is 0 Å². The minimum atomic E-state index is 0.771. The van der Waals surface area contributed by atoms with E-state index in [1.807, 2.05) is 0 Å². The van der Waals surface area contributed by atoms with Gasteiger partial charge in [0.2, 0.25) is 0 Å². The summed E-state index contributed by atoms with van der Waals surface area (Å²) in [6.07, 6.45) is 5.36. The van der Waals surface area contributed by atoms with Crippen molar-refractivity contribution in [2.75, 3.05) is 26.0 Å². The normalized spacial score (nSPS) is 27.0. The van der Waals surface area contributed by atoms with Gasteiger partial charge in [0.15, 0.2) is 0 Å². The Balaban J connectivity index is 2.09. The topological polar surface area (TPSA) is 21.3 Å². The lowest BCUT2D eigenvalue weighted by Crippen LogP contribution is -2.33. The molecule has 0 aromatic rings. The van der Waals surface area contributed by atoms with Gasteiger partial charge >= 0.3 is 0 Å². The molecule has 0 radical (unpaired) electrons. The summed E-state index contributed by atoms with van der Waals surface area (Å²) in [6.45, 7) is 4.22. The van der Waals surface area contributed by atoms with Crippen LogP contribution >= 0.6 is 11.8 Å². The van der Waals surface area contributed by atoms with Crippen molar-refractivity contribution in [3.05, 3.63) is 0 Å². The second-order valence-corrected chi connectivity index (χ2v) is 5.20. The third-order valence-electron chi connectivity index (χ3n) is 2.74. The van der Waals surface area contributed by atoms with Crippen LogP contribution in [0.25, 0.3) is 0 Å². The average Bonchev–Trinajstić information content (AvgIpc) is 2.61. The Bertz CT molecular complexity index is 143. The minimum Gasteiger partial charge on any atom is -0.385 e. The fourth-order valence-corrected chi connectivity index (χ4v) is 3.44. The molecule has 2 unspecified atom stereocenters. The molecule has 14 heavy (non-hydrogen) atoms. The van der Waals surface area contributed by atoms with Crippen LogP contribution in [0, 0.1) is 0 Å². The predicted molar refractivity (Wildman–Crippen MR) is 64.1 cm³/mol. The molecule has 1 aliphatic rings. The van der Waals surface area contributed by atoms with Gasteiger partial charge in [-0.15, -0.1) is 0 Å². The zero-order chi connectivity index (χ0) is 10.2. The Labute approximate surface area is 92.2 Å². The summed E-state index contributed by atoms with van der Waals surface area (Å²) >= 11 is 2.13. The second kappa shape index (κ2) is 7.55. The molecule has 0 spiro atoms. The van der Waals surface area contributed by atoms with E-state index in [4.69, 9.17) is 4.74 Å². The molecule has 0 bridgehead atoms. The number of nitrogens with one attached hydrogen (secondary N) is 1. The van der Waals surface area contributed by atoms with Crippen LogP contribution in [-0.4, -0.2) is 37.3 Å². The first kappa shape index (κ1) is 12.3. The SMILES string of the molecule is CCNC1CCCC1SCCCOC. The minimum absolute atomic E-state index is 0.771. The molecule has 0 saturated heterocycles. The average molecular weight is 217 g/mol. The summed E-state index contributed by atoms with van der Waals surface area (Å²) in [7, 11) is 1.78. The van der Waals surface area contributed by atoms with Crippen molar-refractivity contribution in [1.29, 1.82) is 0 Å². The first-order valence-corrected chi connectivity index (χ1v) is 6.77. The molecule has 0 aromatic heterocycles. The highest BCUT2D eigenvalue weighted by Gasteiger charge is 2.26. The van der Waals surface area contributed by atoms with Crippen LogP contribution < -0.4 is 5.32 Å². The van der Waals surface area contributed by atoms with Crippen LogP contribution in [0.2, 0.25) is 0 Å². The molecule has 0 heterocycles. The maximum atomic E-state index is 5.05. The van der Waals surface area contributed by atoms with E-state index in [0.29, 0.717) is 0 Å². The Morgan fingerprint density at radius 1 is 1.43 bits per heavy atom.